The molecule has 22 heavy (non-hydrogen) atoms. The summed E-state index contributed by atoms with van der Waals surface area (Å²) in [5.41, 5.74) is 0.585. The molecule has 4 rings (SSSR count). The molecule has 0 unspecified atom stereocenters. The lowest BCUT2D eigenvalue weighted by Gasteiger charge is -2.09. The molecular weight excluding hydrogens is 288 g/mol. The van der Waals surface area contributed by atoms with E-state index in [9.17, 15) is 0 Å². The molecule has 9 heteroatoms. The van der Waals surface area contributed by atoms with Gasteiger partial charge >= 0.3 is 0 Å². The molecule has 1 N–H and O–H groups in total. The van der Waals surface area contributed by atoms with E-state index in [1.54, 1.807) is 16.9 Å². The third-order valence-corrected chi connectivity index (χ3v) is 3.13. The van der Waals surface area contributed by atoms with Crippen molar-refractivity contribution in [1.82, 2.24) is 25.0 Å². The molecule has 112 valence electrons. The van der Waals surface area contributed by atoms with Crippen molar-refractivity contribution in [2.24, 2.45) is 0 Å². The zero-order chi connectivity index (χ0) is 14.8. The molecule has 9 nitrogen and oxygen atoms in total. The molecule has 3 heterocycles. The topological polar surface area (TPSA) is 95.7 Å². The first-order valence-electron chi connectivity index (χ1n) is 6.68. The summed E-state index contributed by atoms with van der Waals surface area (Å²) in [5.74, 6) is 2.87. The first-order valence-corrected chi connectivity index (χ1v) is 6.68. The van der Waals surface area contributed by atoms with Crippen molar-refractivity contribution in [1.29, 1.82) is 0 Å². The molecule has 0 fully saturated rings. The van der Waals surface area contributed by atoms with Crippen LogP contribution in [-0.2, 0) is 0 Å². The normalized spacial score (nSPS) is 12.5. The van der Waals surface area contributed by atoms with Crippen molar-refractivity contribution in [3.05, 3.63) is 30.6 Å². The molecule has 3 aromatic rings. The van der Waals surface area contributed by atoms with Gasteiger partial charge in [-0.15, -0.1) is 5.10 Å². The Hall–Kier alpha value is -3.10. The molecule has 0 radical (unpaired) electrons. The second-order valence-corrected chi connectivity index (χ2v) is 4.53. The predicted molar refractivity (Wildman–Crippen MR) is 75.1 cm³/mol. The average molecular weight is 300 g/mol. The van der Waals surface area contributed by atoms with Crippen LogP contribution in [0.5, 0.6) is 17.2 Å². The number of hydrogen-bond donors (Lipinski definition) is 1. The van der Waals surface area contributed by atoms with Crippen LogP contribution in [-0.4, -0.2) is 45.0 Å². The molecule has 0 bridgehead atoms. The largest absolute Gasteiger partial charge is 0.492 e. The van der Waals surface area contributed by atoms with Crippen molar-refractivity contribution in [3.8, 4) is 17.2 Å². The van der Waals surface area contributed by atoms with Crippen molar-refractivity contribution < 1.29 is 14.2 Å². The number of benzene rings is 1. The Bertz CT molecular complexity index is 805. The zero-order valence-corrected chi connectivity index (χ0v) is 11.5. The number of tetrazole rings is 1. The van der Waals surface area contributed by atoms with Crippen LogP contribution in [0.15, 0.2) is 30.6 Å². The van der Waals surface area contributed by atoms with E-state index in [-0.39, 0.29) is 6.79 Å². The summed E-state index contributed by atoms with van der Waals surface area (Å²) in [6, 6.07) is 5.49. The van der Waals surface area contributed by atoms with Crippen molar-refractivity contribution in [3.63, 3.8) is 0 Å². The maximum Gasteiger partial charge on any atom is 0.231 e. The molecule has 0 aliphatic carbocycles. The zero-order valence-electron chi connectivity index (χ0n) is 11.5. The van der Waals surface area contributed by atoms with Crippen molar-refractivity contribution in [2.45, 2.75) is 0 Å². The fraction of sp³-hybridized carbons (Fsp3) is 0.231. The Morgan fingerprint density at radius 3 is 3.18 bits per heavy atom. The molecule has 2 aromatic heterocycles. The lowest BCUT2D eigenvalue weighted by Crippen LogP contribution is -2.14. The van der Waals surface area contributed by atoms with E-state index in [1.807, 2.05) is 18.2 Å². The second-order valence-electron chi connectivity index (χ2n) is 4.53. The summed E-state index contributed by atoms with van der Waals surface area (Å²) in [5, 5.41) is 14.5. The van der Waals surface area contributed by atoms with E-state index in [2.05, 4.69) is 25.8 Å². The standard InChI is InChI=1S/C13H12N6O3/c1-2-10-11(22-8-21-10)5-9(1)20-4-3-15-12-6-14-7-13-16-17-18-19(12)13/h1-2,5-7,15H,3-4,8H2. The maximum atomic E-state index is 5.67. The number of fused-ring (bicyclic) bond motifs is 2. The van der Waals surface area contributed by atoms with Crippen LogP contribution in [0, 0.1) is 0 Å². The SMILES string of the molecule is c1cc2c(cc1OCCNc1cncc3nnnn13)OCO2. The highest BCUT2D eigenvalue weighted by Gasteiger charge is 2.13. The van der Waals surface area contributed by atoms with Gasteiger partial charge in [0.05, 0.1) is 18.9 Å². The van der Waals surface area contributed by atoms with Crippen LogP contribution in [0.1, 0.15) is 0 Å². The van der Waals surface area contributed by atoms with Crippen LogP contribution >= 0.6 is 0 Å². The van der Waals surface area contributed by atoms with Crippen LogP contribution < -0.4 is 19.5 Å². The van der Waals surface area contributed by atoms with Crippen LogP contribution in [0.4, 0.5) is 5.82 Å². The Morgan fingerprint density at radius 2 is 2.18 bits per heavy atom. The van der Waals surface area contributed by atoms with Gasteiger partial charge in [-0.05, 0) is 22.6 Å². The Balaban J connectivity index is 1.35. The van der Waals surface area contributed by atoms with Gasteiger partial charge in [-0.1, -0.05) is 0 Å². The summed E-state index contributed by atoms with van der Waals surface area (Å²) in [7, 11) is 0. The average Bonchev–Trinajstić information content (AvgIpc) is 3.19. The Kier molecular flexibility index (Phi) is 3.07. The molecular formula is C13H12N6O3. The second kappa shape index (κ2) is 5.35. The van der Waals surface area contributed by atoms with E-state index < -0.39 is 0 Å². The van der Waals surface area contributed by atoms with Gasteiger partial charge in [0.2, 0.25) is 6.79 Å². The maximum absolute atomic E-state index is 5.67. The summed E-state index contributed by atoms with van der Waals surface area (Å²) in [4.78, 5) is 4.06. The van der Waals surface area contributed by atoms with Crippen molar-refractivity contribution in [2.75, 3.05) is 25.3 Å². The first kappa shape index (κ1) is 12.6. The monoisotopic (exact) mass is 300 g/mol. The number of nitrogens with zero attached hydrogens (tertiary/aromatic N) is 5. The molecule has 0 atom stereocenters. The van der Waals surface area contributed by atoms with Gasteiger partial charge in [0.1, 0.15) is 12.4 Å². The molecule has 0 amide bonds. The first-order chi connectivity index (χ1) is 10.9. The molecule has 1 aromatic carbocycles. The van der Waals surface area contributed by atoms with Crippen LogP contribution in [0.2, 0.25) is 0 Å². The van der Waals surface area contributed by atoms with E-state index in [1.165, 1.54) is 0 Å². The van der Waals surface area contributed by atoms with Gasteiger partial charge in [-0.25, -0.2) is 0 Å². The van der Waals surface area contributed by atoms with Gasteiger partial charge in [-0.2, -0.15) is 4.52 Å². The minimum atomic E-state index is 0.253. The van der Waals surface area contributed by atoms with Gasteiger partial charge in [0.15, 0.2) is 23.0 Å². The number of rotatable bonds is 5. The Labute approximate surface area is 124 Å². The summed E-state index contributed by atoms with van der Waals surface area (Å²) in [6.45, 7) is 1.30. The van der Waals surface area contributed by atoms with E-state index in [0.717, 1.165) is 11.5 Å². The van der Waals surface area contributed by atoms with Gasteiger partial charge in [0.25, 0.3) is 0 Å². The number of anilines is 1. The predicted octanol–water partition coefficient (Wildman–Crippen LogP) is 0.739. The number of hydrogen-bond acceptors (Lipinski definition) is 8. The highest BCUT2D eigenvalue weighted by atomic mass is 16.7. The quantitative estimate of drug-likeness (QED) is 0.689. The molecule has 0 saturated carbocycles. The van der Waals surface area contributed by atoms with Gasteiger partial charge in [0, 0.05) is 6.07 Å². The fourth-order valence-corrected chi connectivity index (χ4v) is 2.11. The lowest BCUT2D eigenvalue weighted by atomic mass is 10.3. The smallest absolute Gasteiger partial charge is 0.231 e. The third-order valence-electron chi connectivity index (χ3n) is 3.13. The Morgan fingerprint density at radius 1 is 1.23 bits per heavy atom. The number of ether oxygens (including phenoxy) is 3. The highest BCUT2D eigenvalue weighted by Crippen LogP contribution is 2.34. The van der Waals surface area contributed by atoms with Crippen LogP contribution in [0.25, 0.3) is 5.65 Å². The number of nitrogens with one attached hydrogen (secondary N) is 1. The minimum absolute atomic E-state index is 0.253. The molecule has 1 aliphatic rings. The molecule has 1 aliphatic heterocycles. The fourth-order valence-electron chi connectivity index (χ4n) is 2.11. The summed E-state index contributed by atoms with van der Waals surface area (Å²) >= 11 is 0. The molecule has 0 saturated heterocycles. The van der Waals surface area contributed by atoms with Gasteiger partial charge in [-0.3, -0.25) is 4.98 Å². The van der Waals surface area contributed by atoms with E-state index >= 15 is 0 Å². The molecule has 0 spiro atoms. The van der Waals surface area contributed by atoms with E-state index in [0.29, 0.717) is 30.4 Å². The lowest BCUT2D eigenvalue weighted by molar-refractivity contribution is 0.174. The number of aromatic nitrogens is 5. The summed E-state index contributed by atoms with van der Waals surface area (Å²) in [6.07, 6.45) is 3.25. The van der Waals surface area contributed by atoms with Crippen molar-refractivity contribution >= 4 is 11.5 Å². The summed E-state index contributed by atoms with van der Waals surface area (Å²) < 4.78 is 17.8. The van der Waals surface area contributed by atoms with Crippen LogP contribution in [0.3, 0.4) is 0 Å². The highest BCUT2D eigenvalue weighted by molar-refractivity contribution is 5.47. The van der Waals surface area contributed by atoms with E-state index in [4.69, 9.17) is 14.2 Å². The minimum Gasteiger partial charge on any atom is -0.492 e. The van der Waals surface area contributed by atoms with Gasteiger partial charge < -0.3 is 19.5 Å². The third kappa shape index (κ3) is 2.32.